The predicted octanol–water partition coefficient (Wildman–Crippen LogP) is 4.41. The molecule has 1 atom stereocenters. The highest BCUT2D eigenvalue weighted by atomic mass is 35.5. The SMILES string of the molecule is COP(=O)(O)OCN/C=C\C=C(/CN)c1cc(Cc2ccc(Oc3ncc(Cl)cc3F)cc2)no1. The van der Waals surface area contributed by atoms with Gasteiger partial charge in [0.05, 0.1) is 10.7 Å². The number of rotatable bonds is 12. The van der Waals surface area contributed by atoms with Crippen LogP contribution in [0.25, 0.3) is 5.57 Å². The van der Waals surface area contributed by atoms with Crippen LogP contribution in [-0.2, 0) is 20.0 Å². The van der Waals surface area contributed by atoms with E-state index in [1.54, 1.807) is 30.4 Å². The molecule has 0 spiro atoms. The van der Waals surface area contributed by atoms with Gasteiger partial charge in [0.15, 0.2) is 11.6 Å². The second kappa shape index (κ2) is 12.6. The Kier molecular flexibility index (Phi) is 9.55. The third kappa shape index (κ3) is 8.29. The number of nitrogens with zero attached hydrogens (tertiary/aromatic N) is 2. The lowest BCUT2D eigenvalue weighted by Crippen LogP contribution is -2.09. The monoisotopic (exact) mass is 524 g/mol. The zero-order valence-corrected chi connectivity index (χ0v) is 20.2. The third-order valence-corrected chi connectivity index (χ3v) is 5.57. The van der Waals surface area contributed by atoms with Gasteiger partial charge >= 0.3 is 7.82 Å². The highest BCUT2D eigenvalue weighted by Crippen LogP contribution is 2.41. The number of phosphoric ester groups is 1. The van der Waals surface area contributed by atoms with Crippen molar-refractivity contribution in [3.05, 3.63) is 88.8 Å². The molecule has 0 bridgehead atoms. The number of nitrogens with two attached hydrogens (primary N) is 1. The summed E-state index contributed by atoms with van der Waals surface area (Å²) in [4.78, 5) is 13.0. The van der Waals surface area contributed by atoms with Gasteiger partial charge in [-0.2, -0.15) is 0 Å². The van der Waals surface area contributed by atoms with Crippen molar-refractivity contribution in [3.8, 4) is 11.6 Å². The second-order valence-corrected chi connectivity index (χ2v) is 8.93. The molecular weight excluding hydrogens is 502 g/mol. The quantitative estimate of drug-likeness (QED) is 0.135. The molecule has 10 nitrogen and oxygen atoms in total. The van der Waals surface area contributed by atoms with Crippen LogP contribution in [0.2, 0.25) is 5.02 Å². The van der Waals surface area contributed by atoms with E-state index < -0.39 is 13.6 Å². The smallest absolute Gasteiger partial charge is 0.436 e. The van der Waals surface area contributed by atoms with Crippen LogP contribution >= 0.6 is 19.4 Å². The summed E-state index contributed by atoms with van der Waals surface area (Å²) in [6.07, 6.45) is 6.66. The number of nitrogens with one attached hydrogen (secondary N) is 1. The van der Waals surface area contributed by atoms with Crippen LogP contribution < -0.4 is 15.8 Å². The normalized spacial score (nSPS) is 13.7. The maximum Gasteiger partial charge on any atom is 0.473 e. The van der Waals surface area contributed by atoms with E-state index in [1.165, 1.54) is 12.4 Å². The Hall–Kier alpha value is -3.05. The molecule has 3 rings (SSSR count). The lowest BCUT2D eigenvalue weighted by molar-refractivity contribution is 0.168. The zero-order chi connectivity index (χ0) is 25.3. The van der Waals surface area contributed by atoms with E-state index in [9.17, 15) is 8.96 Å². The van der Waals surface area contributed by atoms with E-state index in [4.69, 9.17) is 31.5 Å². The molecule has 35 heavy (non-hydrogen) atoms. The molecule has 0 saturated carbocycles. The van der Waals surface area contributed by atoms with Crippen molar-refractivity contribution >= 4 is 25.0 Å². The molecule has 0 aliphatic heterocycles. The molecule has 0 saturated heterocycles. The minimum absolute atomic E-state index is 0.162. The summed E-state index contributed by atoms with van der Waals surface area (Å²) < 4.78 is 44.8. The fourth-order valence-corrected chi connectivity index (χ4v) is 3.21. The maximum atomic E-state index is 13.8. The molecule has 2 heterocycles. The Morgan fingerprint density at radius 3 is 2.80 bits per heavy atom. The number of phosphoric acid groups is 1. The fraction of sp³-hybridized carbons (Fsp3) is 0.182. The van der Waals surface area contributed by atoms with Crippen molar-refractivity contribution in [3.63, 3.8) is 0 Å². The number of pyridine rings is 1. The second-order valence-electron chi connectivity index (χ2n) is 6.93. The van der Waals surface area contributed by atoms with Gasteiger partial charge in [-0.3, -0.25) is 9.05 Å². The zero-order valence-electron chi connectivity index (χ0n) is 18.6. The van der Waals surface area contributed by atoms with E-state index in [0.717, 1.165) is 18.7 Å². The maximum absolute atomic E-state index is 13.8. The van der Waals surface area contributed by atoms with Crippen LogP contribution in [0.5, 0.6) is 11.6 Å². The first-order chi connectivity index (χ1) is 16.8. The molecule has 1 aromatic carbocycles. The number of benzene rings is 1. The Morgan fingerprint density at radius 2 is 2.11 bits per heavy atom. The molecular formula is C22H23ClFN4O6P. The van der Waals surface area contributed by atoms with Gasteiger partial charge in [0.25, 0.3) is 5.88 Å². The summed E-state index contributed by atoms with van der Waals surface area (Å²) >= 11 is 5.70. The van der Waals surface area contributed by atoms with Crippen LogP contribution in [0.4, 0.5) is 4.39 Å². The molecule has 0 aliphatic rings. The summed E-state index contributed by atoms with van der Waals surface area (Å²) in [5.74, 6) is 0.115. The third-order valence-electron chi connectivity index (χ3n) is 4.45. The molecule has 2 aromatic heterocycles. The van der Waals surface area contributed by atoms with Gasteiger partial charge in [-0.25, -0.2) is 13.9 Å². The van der Waals surface area contributed by atoms with Gasteiger partial charge in [0.2, 0.25) is 0 Å². The molecule has 0 radical (unpaired) electrons. The Bertz CT molecular complexity index is 1230. The first kappa shape index (κ1) is 26.6. The average Bonchev–Trinajstić information content (AvgIpc) is 3.29. The molecule has 0 aliphatic carbocycles. The van der Waals surface area contributed by atoms with E-state index in [0.29, 0.717) is 29.2 Å². The van der Waals surface area contributed by atoms with Gasteiger partial charge < -0.3 is 25.2 Å². The van der Waals surface area contributed by atoms with E-state index >= 15 is 0 Å². The summed E-state index contributed by atoms with van der Waals surface area (Å²) in [5.41, 5.74) is 8.11. The molecule has 4 N–H and O–H groups in total. The number of aromatic nitrogens is 2. The van der Waals surface area contributed by atoms with E-state index in [-0.39, 0.29) is 24.2 Å². The van der Waals surface area contributed by atoms with Gasteiger partial charge in [0, 0.05) is 37.9 Å². The average molecular weight is 525 g/mol. The molecule has 3 aromatic rings. The highest BCUT2D eigenvalue weighted by Gasteiger charge is 2.17. The standard InChI is InChI=1S/C22H23ClFN4O6P/c1-31-35(29,30)32-14-26-8-2-3-16(12-25)21-11-18(28-34-21)9-15-4-6-19(7-5-15)33-22-20(24)10-17(23)13-27-22/h2-8,10-11,13,26H,9,12,14,25H2,1H3,(H,29,30)/b8-2-,16-3+. The van der Waals surface area contributed by atoms with Crippen LogP contribution in [-0.4, -0.2) is 35.4 Å². The van der Waals surface area contributed by atoms with Crippen LogP contribution in [0.1, 0.15) is 17.0 Å². The Morgan fingerprint density at radius 1 is 1.34 bits per heavy atom. The van der Waals surface area contributed by atoms with Crippen molar-refractivity contribution in [2.45, 2.75) is 6.42 Å². The summed E-state index contributed by atoms with van der Waals surface area (Å²) in [6, 6.07) is 9.94. The number of halogens is 2. The first-order valence-electron chi connectivity index (χ1n) is 10.2. The lowest BCUT2D eigenvalue weighted by Gasteiger charge is -2.08. The van der Waals surface area contributed by atoms with E-state index in [2.05, 4.69) is 24.5 Å². The van der Waals surface area contributed by atoms with Crippen LogP contribution in [0.3, 0.4) is 0 Å². The van der Waals surface area contributed by atoms with E-state index in [1.807, 2.05) is 12.1 Å². The van der Waals surface area contributed by atoms with Crippen LogP contribution in [0.15, 0.2) is 65.5 Å². The van der Waals surface area contributed by atoms with Gasteiger partial charge in [-0.05, 0) is 36.0 Å². The predicted molar refractivity (Wildman–Crippen MR) is 127 cm³/mol. The minimum atomic E-state index is -4.03. The van der Waals surface area contributed by atoms with Crippen molar-refractivity contribution in [1.82, 2.24) is 15.5 Å². The molecule has 13 heteroatoms. The number of ether oxygens (including phenoxy) is 1. The number of hydrogen-bond donors (Lipinski definition) is 3. The van der Waals surface area contributed by atoms with Gasteiger partial charge in [-0.15, -0.1) is 0 Å². The molecule has 1 unspecified atom stereocenters. The molecule has 186 valence electrons. The van der Waals surface area contributed by atoms with Gasteiger partial charge in [-0.1, -0.05) is 35.0 Å². The topological polar surface area (TPSA) is 142 Å². The summed E-state index contributed by atoms with van der Waals surface area (Å²) in [7, 11) is -2.95. The number of allylic oxidation sites excluding steroid dienone is 2. The Labute approximate surface area is 205 Å². The fourth-order valence-electron chi connectivity index (χ4n) is 2.72. The van der Waals surface area contributed by atoms with Crippen molar-refractivity contribution in [2.24, 2.45) is 5.73 Å². The van der Waals surface area contributed by atoms with Crippen LogP contribution in [0, 0.1) is 5.82 Å². The summed E-state index contributed by atoms with van der Waals surface area (Å²) in [6.45, 7) is -0.0162. The molecule has 0 amide bonds. The van der Waals surface area contributed by atoms with Gasteiger partial charge in [0.1, 0.15) is 12.5 Å². The number of hydrogen-bond acceptors (Lipinski definition) is 9. The largest absolute Gasteiger partial charge is 0.473 e. The Balaban J connectivity index is 1.56. The first-order valence-corrected chi connectivity index (χ1v) is 12.0. The summed E-state index contributed by atoms with van der Waals surface area (Å²) in [5, 5.41) is 6.95. The lowest BCUT2D eigenvalue weighted by atomic mass is 10.1. The minimum Gasteiger partial charge on any atom is -0.436 e. The highest BCUT2D eigenvalue weighted by molar-refractivity contribution is 7.47. The van der Waals surface area contributed by atoms with Crippen molar-refractivity contribution in [1.29, 1.82) is 0 Å². The molecule has 0 fully saturated rings. The van der Waals surface area contributed by atoms with Crippen molar-refractivity contribution in [2.75, 3.05) is 20.4 Å². The van der Waals surface area contributed by atoms with Crippen molar-refractivity contribution < 1.29 is 32.2 Å².